The summed E-state index contributed by atoms with van der Waals surface area (Å²) in [6, 6.07) is 10.5. The number of benzene rings is 1. The van der Waals surface area contributed by atoms with E-state index in [9.17, 15) is 14.4 Å². The van der Waals surface area contributed by atoms with E-state index < -0.39 is 16.9 Å². The Labute approximate surface area is 156 Å². The van der Waals surface area contributed by atoms with Gasteiger partial charge in [-0.1, -0.05) is 36.4 Å². The number of carbonyl (C=O) groups is 2. The largest absolute Gasteiger partial charge is 0.481 e. The SMILES string of the molecule is C=CC1(NC(=O)c2occc(=O)c2OCc2ccccc2)CN(C(C)=O)C1. The summed E-state index contributed by atoms with van der Waals surface area (Å²) in [7, 11) is 0. The third-order valence-corrected chi connectivity index (χ3v) is 4.41. The van der Waals surface area contributed by atoms with E-state index in [1.807, 2.05) is 30.3 Å². The quantitative estimate of drug-likeness (QED) is 0.785. The number of nitrogens with one attached hydrogen (secondary N) is 1. The van der Waals surface area contributed by atoms with Gasteiger partial charge in [-0.25, -0.2) is 0 Å². The fourth-order valence-corrected chi connectivity index (χ4v) is 2.83. The fraction of sp³-hybridized carbons (Fsp3) is 0.250. The Bertz CT molecular complexity index is 913. The van der Waals surface area contributed by atoms with Crippen LogP contribution in [0.2, 0.25) is 0 Å². The minimum atomic E-state index is -0.756. The number of hydrogen-bond acceptors (Lipinski definition) is 5. The van der Waals surface area contributed by atoms with E-state index in [1.54, 1.807) is 11.0 Å². The van der Waals surface area contributed by atoms with Gasteiger partial charge in [-0.2, -0.15) is 0 Å². The molecule has 0 aliphatic carbocycles. The monoisotopic (exact) mass is 368 g/mol. The number of likely N-dealkylation sites (tertiary alicyclic amines) is 1. The van der Waals surface area contributed by atoms with Crippen molar-refractivity contribution in [2.24, 2.45) is 0 Å². The molecule has 140 valence electrons. The first-order chi connectivity index (χ1) is 12.9. The second-order valence-corrected chi connectivity index (χ2v) is 6.41. The number of amides is 2. The van der Waals surface area contributed by atoms with Gasteiger partial charge in [-0.15, -0.1) is 6.58 Å². The molecule has 0 atom stereocenters. The summed E-state index contributed by atoms with van der Waals surface area (Å²) in [6.45, 7) is 5.95. The van der Waals surface area contributed by atoms with Crippen molar-refractivity contribution in [1.29, 1.82) is 0 Å². The van der Waals surface area contributed by atoms with Gasteiger partial charge in [0, 0.05) is 26.1 Å². The predicted molar refractivity (Wildman–Crippen MR) is 98.4 cm³/mol. The van der Waals surface area contributed by atoms with Crippen LogP contribution in [-0.4, -0.2) is 35.3 Å². The Morgan fingerprint density at radius 3 is 2.63 bits per heavy atom. The summed E-state index contributed by atoms with van der Waals surface area (Å²) < 4.78 is 10.8. The van der Waals surface area contributed by atoms with E-state index in [0.717, 1.165) is 11.8 Å². The van der Waals surface area contributed by atoms with Crippen LogP contribution in [0.25, 0.3) is 0 Å². The van der Waals surface area contributed by atoms with Gasteiger partial charge in [-0.05, 0) is 5.56 Å². The van der Waals surface area contributed by atoms with Crippen molar-refractivity contribution in [3.8, 4) is 5.75 Å². The van der Waals surface area contributed by atoms with Gasteiger partial charge in [0.15, 0.2) is 0 Å². The van der Waals surface area contributed by atoms with Gasteiger partial charge in [0.05, 0.1) is 11.8 Å². The number of nitrogens with zero attached hydrogens (tertiary/aromatic N) is 1. The highest BCUT2D eigenvalue weighted by Gasteiger charge is 2.43. The first-order valence-corrected chi connectivity index (χ1v) is 8.44. The Hall–Kier alpha value is -3.35. The molecule has 2 aromatic rings. The highest BCUT2D eigenvalue weighted by atomic mass is 16.5. The van der Waals surface area contributed by atoms with Gasteiger partial charge < -0.3 is 19.4 Å². The van der Waals surface area contributed by atoms with Crippen LogP contribution in [0.3, 0.4) is 0 Å². The van der Waals surface area contributed by atoms with E-state index in [4.69, 9.17) is 9.15 Å². The van der Waals surface area contributed by atoms with Gasteiger partial charge in [0.1, 0.15) is 6.61 Å². The van der Waals surface area contributed by atoms with Crippen molar-refractivity contribution in [2.45, 2.75) is 19.1 Å². The van der Waals surface area contributed by atoms with Crippen LogP contribution in [0.5, 0.6) is 5.75 Å². The standard InChI is InChI=1S/C20H20N2O5/c1-3-20(12-22(13-20)14(2)23)21-19(25)18-17(16(24)9-10-26-18)27-11-15-7-5-4-6-8-15/h3-10H,1,11-13H2,2H3,(H,21,25). The van der Waals surface area contributed by atoms with Crippen LogP contribution in [0.15, 0.2) is 64.5 Å². The molecule has 7 heteroatoms. The van der Waals surface area contributed by atoms with Crippen molar-refractivity contribution in [3.05, 3.63) is 76.9 Å². The number of hydrogen-bond donors (Lipinski definition) is 1. The van der Waals surface area contributed by atoms with Crippen molar-refractivity contribution in [2.75, 3.05) is 13.1 Å². The molecule has 1 aromatic heterocycles. The zero-order chi connectivity index (χ0) is 19.4. The predicted octanol–water partition coefficient (Wildman–Crippen LogP) is 1.74. The maximum atomic E-state index is 12.7. The Morgan fingerprint density at radius 2 is 2.00 bits per heavy atom. The molecular formula is C20H20N2O5. The molecule has 1 N–H and O–H groups in total. The average Bonchev–Trinajstić information content (AvgIpc) is 2.63. The van der Waals surface area contributed by atoms with Crippen LogP contribution in [0.1, 0.15) is 23.0 Å². The van der Waals surface area contributed by atoms with Crippen LogP contribution >= 0.6 is 0 Å². The Balaban J connectivity index is 1.77. The van der Waals surface area contributed by atoms with E-state index in [1.165, 1.54) is 13.0 Å². The van der Waals surface area contributed by atoms with Crippen LogP contribution in [0.4, 0.5) is 0 Å². The van der Waals surface area contributed by atoms with Gasteiger partial charge in [0.2, 0.25) is 22.8 Å². The van der Waals surface area contributed by atoms with Gasteiger partial charge in [0.25, 0.3) is 5.91 Å². The molecule has 1 fully saturated rings. The van der Waals surface area contributed by atoms with Crippen LogP contribution in [0, 0.1) is 0 Å². The van der Waals surface area contributed by atoms with Gasteiger partial charge >= 0.3 is 0 Å². The first kappa shape index (κ1) is 18.4. The lowest BCUT2D eigenvalue weighted by molar-refractivity contribution is -0.135. The molecule has 7 nitrogen and oxygen atoms in total. The lowest BCUT2D eigenvalue weighted by Gasteiger charge is -2.48. The third kappa shape index (κ3) is 3.92. The zero-order valence-electron chi connectivity index (χ0n) is 14.9. The van der Waals surface area contributed by atoms with E-state index >= 15 is 0 Å². The smallest absolute Gasteiger partial charge is 0.291 e. The Morgan fingerprint density at radius 1 is 1.30 bits per heavy atom. The lowest BCUT2D eigenvalue weighted by Crippen LogP contribution is -2.70. The second-order valence-electron chi connectivity index (χ2n) is 6.41. The molecule has 1 saturated heterocycles. The van der Waals surface area contributed by atoms with Crippen molar-refractivity contribution < 1.29 is 18.7 Å². The van der Waals surface area contributed by atoms with E-state index in [-0.39, 0.29) is 24.0 Å². The summed E-state index contributed by atoms with van der Waals surface area (Å²) in [4.78, 5) is 37.9. The Kier molecular flexibility index (Phi) is 5.12. The topological polar surface area (TPSA) is 88.8 Å². The summed E-state index contributed by atoms with van der Waals surface area (Å²) in [6.07, 6.45) is 2.73. The average molecular weight is 368 g/mol. The first-order valence-electron chi connectivity index (χ1n) is 8.44. The summed E-state index contributed by atoms with van der Waals surface area (Å²) in [5.41, 5.74) is -0.354. The highest BCUT2D eigenvalue weighted by molar-refractivity contribution is 5.95. The minimum Gasteiger partial charge on any atom is -0.481 e. The number of rotatable bonds is 6. The summed E-state index contributed by atoms with van der Waals surface area (Å²) in [5.74, 6) is -1.04. The lowest BCUT2D eigenvalue weighted by atomic mass is 9.89. The fourth-order valence-electron chi connectivity index (χ4n) is 2.83. The van der Waals surface area contributed by atoms with E-state index in [0.29, 0.717) is 13.1 Å². The molecule has 0 unspecified atom stereocenters. The molecule has 27 heavy (non-hydrogen) atoms. The molecule has 1 aliphatic rings. The zero-order valence-corrected chi connectivity index (χ0v) is 14.9. The molecule has 0 spiro atoms. The van der Waals surface area contributed by atoms with E-state index in [2.05, 4.69) is 11.9 Å². The highest BCUT2D eigenvalue weighted by Crippen LogP contribution is 2.24. The van der Waals surface area contributed by atoms with Crippen molar-refractivity contribution >= 4 is 11.8 Å². The molecule has 0 bridgehead atoms. The summed E-state index contributed by atoms with van der Waals surface area (Å²) in [5, 5.41) is 2.78. The maximum Gasteiger partial charge on any atom is 0.291 e. The van der Waals surface area contributed by atoms with Crippen LogP contribution in [-0.2, 0) is 11.4 Å². The normalized spacial score (nSPS) is 14.8. The summed E-state index contributed by atoms with van der Waals surface area (Å²) >= 11 is 0. The molecule has 1 aliphatic heterocycles. The molecule has 2 amide bonds. The molecular weight excluding hydrogens is 348 g/mol. The molecule has 1 aromatic carbocycles. The third-order valence-electron chi connectivity index (χ3n) is 4.41. The molecule has 3 rings (SSSR count). The number of carbonyl (C=O) groups excluding carboxylic acids is 2. The van der Waals surface area contributed by atoms with Gasteiger partial charge in [-0.3, -0.25) is 14.4 Å². The molecule has 0 radical (unpaired) electrons. The second kappa shape index (κ2) is 7.49. The molecule has 0 saturated carbocycles. The van der Waals surface area contributed by atoms with Crippen LogP contribution < -0.4 is 15.5 Å². The van der Waals surface area contributed by atoms with Crippen molar-refractivity contribution in [3.63, 3.8) is 0 Å². The molecule has 2 heterocycles. The van der Waals surface area contributed by atoms with Crippen molar-refractivity contribution in [1.82, 2.24) is 10.2 Å². The maximum absolute atomic E-state index is 12.7. The number of ether oxygens (including phenoxy) is 1. The minimum absolute atomic E-state index is 0.0835.